The van der Waals surface area contributed by atoms with E-state index < -0.39 is 12.1 Å². The Morgan fingerprint density at radius 2 is 0.566 bits per heavy atom. The highest BCUT2D eigenvalue weighted by atomic mass is 16.5. The summed E-state index contributed by atoms with van der Waals surface area (Å²) in [5, 5.41) is 23.5. The molecule has 6 heteroatoms. The van der Waals surface area contributed by atoms with Crippen LogP contribution in [0.4, 0.5) is 0 Å². The summed E-state index contributed by atoms with van der Waals surface area (Å²) in [7, 11) is 0. The van der Waals surface area contributed by atoms with Crippen LogP contribution in [0.2, 0.25) is 0 Å². The standard InChI is InChI=1S/C77H151NO5/c1-3-5-7-9-11-13-15-17-19-20-21-22-30-33-36-39-42-45-49-53-57-61-65-69-75(80)74(73-79)78-76(81)70-66-62-58-54-50-46-43-40-37-34-31-28-26-24-23-25-27-29-32-35-38-41-44-48-52-56-60-64-68-72-83-77(82)71-67-63-59-55-51-47-18-16-14-12-10-8-6-4-2/h23,25,74-75,79-80H,3-22,24,26-73H2,1-2H3,(H,78,81)/b25-23-. The third kappa shape index (κ3) is 69.6. The van der Waals surface area contributed by atoms with E-state index in [1.54, 1.807) is 0 Å². The Morgan fingerprint density at radius 1 is 0.325 bits per heavy atom. The van der Waals surface area contributed by atoms with Crippen molar-refractivity contribution in [3.63, 3.8) is 0 Å². The van der Waals surface area contributed by atoms with Crippen LogP contribution in [0.5, 0.6) is 0 Å². The van der Waals surface area contributed by atoms with Gasteiger partial charge in [-0.25, -0.2) is 0 Å². The first-order chi connectivity index (χ1) is 41.0. The first-order valence-electron chi connectivity index (χ1n) is 38.4. The molecule has 6 nitrogen and oxygen atoms in total. The first kappa shape index (κ1) is 81.6. The Bertz CT molecular complexity index is 1260. The van der Waals surface area contributed by atoms with Gasteiger partial charge < -0.3 is 20.3 Å². The maximum atomic E-state index is 12.6. The number of aliphatic hydroxyl groups is 2. The van der Waals surface area contributed by atoms with Gasteiger partial charge >= 0.3 is 5.97 Å². The van der Waals surface area contributed by atoms with Gasteiger partial charge in [0.25, 0.3) is 0 Å². The van der Waals surface area contributed by atoms with E-state index in [-0.39, 0.29) is 18.5 Å². The highest BCUT2D eigenvalue weighted by Gasteiger charge is 2.20. The molecule has 0 aliphatic heterocycles. The summed E-state index contributed by atoms with van der Waals surface area (Å²) >= 11 is 0. The molecule has 0 fully saturated rings. The highest BCUT2D eigenvalue weighted by molar-refractivity contribution is 5.76. The quantitative estimate of drug-likeness (QED) is 0.0320. The van der Waals surface area contributed by atoms with E-state index in [1.165, 1.54) is 372 Å². The van der Waals surface area contributed by atoms with Crippen LogP contribution in [0.1, 0.15) is 444 Å². The van der Waals surface area contributed by atoms with E-state index in [4.69, 9.17) is 4.74 Å². The van der Waals surface area contributed by atoms with Gasteiger partial charge in [0.2, 0.25) is 5.91 Å². The molecule has 2 unspecified atom stereocenters. The van der Waals surface area contributed by atoms with Gasteiger partial charge in [0.15, 0.2) is 0 Å². The Kier molecular flexibility index (Phi) is 71.8. The van der Waals surface area contributed by atoms with E-state index >= 15 is 0 Å². The SMILES string of the molecule is CCCCCCCCCCCCCCCCCCCCCCCCCC(O)C(CO)NC(=O)CCCCCCCCCCCCCCC/C=C\CCCCCCCCCCCCCCOC(=O)CCCCCCCCCCCCCCCC. The molecule has 0 radical (unpaired) electrons. The van der Waals surface area contributed by atoms with Crippen molar-refractivity contribution >= 4 is 11.9 Å². The van der Waals surface area contributed by atoms with Gasteiger partial charge in [0.05, 0.1) is 25.4 Å². The van der Waals surface area contributed by atoms with Gasteiger partial charge in [-0.3, -0.25) is 9.59 Å². The van der Waals surface area contributed by atoms with Crippen LogP contribution < -0.4 is 5.32 Å². The number of unbranched alkanes of at least 4 members (excludes halogenated alkanes) is 60. The van der Waals surface area contributed by atoms with Gasteiger partial charge in [0, 0.05) is 12.8 Å². The van der Waals surface area contributed by atoms with E-state index in [1.807, 2.05) is 0 Å². The summed E-state index contributed by atoms with van der Waals surface area (Å²) in [5.74, 6) is -0.00831. The summed E-state index contributed by atoms with van der Waals surface area (Å²) < 4.78 is 5.50. The van der Waals surface area contributed by atoms with Crippen molar-refractivity contribution in [2.75, 3.05) is 13.2 Å². The number of ether oxygens (including phenoxy) is 1. The average Bonchev–Trinajstić information content (AvgIpc) is 3.48. The molecule has 0 aromatic carbocycles. The monoisotopic (exact) mass is 1170 g/mol. The molecule has 0 saturated carbocycles. The summed E-state index contributed by atoms with van der Waals surface area (Å²) in [4.78, 5) is 24.6. The van der Waals surface area contributed by atoms with Gasteiger partial charge in [-0.1, -0.05) is 392 Å². The largest absolute Gasteiger partial charge is 0.466 e. The van der Waals surface area contributed by atoms with Crippen molar-refractivity contribution in [1.29, 1.82) is 0 Å². The number of esters is 1. The van der Waals surface area contributed by atoms with Crippen molar-refractivity contribution < 1.29 is 24.5 Å². The molecule has 0 heterocycles. The molecule has 0 rings (SSSR count). The minimum absolute atomic E-state index is 0.0200. The number of carbonyl (C=O) groups excluding carboxylic acids is 2. The number of amides is 1. The molecule has 0 spiro atoms. The zero-order valence-electron chi connectivity index (χ0n) is 56.7. The molecule has 0 aliphatic rings. The second kappa shape index (κ2) is 73.1. The van der Waals surface area contributed by atoms with Gasteiger partial charge in [0.1, 0.15) is 0 Å². The lowest BCUT2D eigenvalue weighted by Crippen LogP contribution is -2.45. The third-order valence-corrected chi connectivity index (χ3v) is 18.3. The van der Waals surface area contributed by atoms with E-state index in [2.05, 4.69) is 31.3 Å². The molecular formula is C77H151NO5. The van der Waals surface area contributed by atoms with Gasteiger partial charge in [-0.2, -0.15) is 0 Å². The van der Waals surface area contributed by atoms with E-state index in [0.717, 1.165) is 38.5 Å². The molecule has 494 valence electrons. The zero-order chi connectivity index (χ0) is 59.9. The van der Waals surface area contributed by atoms with Crippen molar-refractivity contribution in [3.05, 3.63) is 12.2 Å². The Morgan fingerprint density at radius 3 is 0.855 bits per heavy atom. The van der Waals surface area contributed by atoms with Crippen LogP contribution in [0.15, 0.2) is 12.2 Å². The maximum Gasteiger partial charge on any atom is 0.305 e. The van der Waals surface area contributed by atoms with Crippen LogP contribution in [0.3, 0.4) is 0 Å². The fourth-order valence-corrected chi connectivity index (χ4v) is 12.5. The highest BCUT2D eigenvalue weighted by Crippen LogP contribution is 2.20. The summed E-state index contributed by atoms with van der Waals surface area (Å²) in [6.45, 7) is 5.01. The number of rotatable bonds is 73. The molecular weight excluding hydrogens is 1020 g/mol. The van der Waals surface area contributed by atoms with E-state index in [9.17, 15) is 19.8 Å². The number of nitrogens with one attached hydrogen (secondary N) is 1. The normalized spacial score (nSPS) is 12.5. The van der Waals surface area contributed by atoms with Crippen molar-refractivity contribution in [3.8, 4) is 0 Å². The maximum absolute atomic E-state index is 12.6. The molecule has 0 aromatic rings. The summed E-state index contributed by atoms with van der Waals surface area (Å²) in [5.41, 5.74) is 0. The summed E-state index contributed by atoms with van der Waals surface area (Å²) in [6, 6.07) is -0.542. The number of aliphatic hydroxyl groups excluding tert-OH is 2. The van der Waals surface area contributed by atoms with Crippen molar-refractivity contribution in [1.82, 2.24) is 5.32 Å². The second-order valence-corrected chi connectivity index (χ2v) is 26.7. The number of carbonyl (C=O) groups is 2. The van der Waals surface area contributed by atoms with Crippen LogP contribution in [-0.2, 0) is 14.3 Å². The summed E-state index contributed by atoms with van der Waals surface area (Å²) in [6.07, 6.45) is 91.4. The van der Waals surface area contributed by atoms with E-state index in [0.29, 0.717) is 25.9 Å². The Labute approximate surface area is 520 Å². The number of hydrogen-bond acceptors (Lipinski definition) is 5. The molecule has 0 aromatic heterocycles. The zero-order valence-corrected chi connectivity index (χ0v) is 56.7. The molecule has 83 heavy (non-hydrogen) atoms. The fourth-order valence-electron chi connectivity index (χ4n) is 12.5. The van der Waals surface area contributed by atoms with Gasteiger partial charge in [-0.05, 0) is 51.4 Å². The van der Waals surface area contributed by atoms with Crippen LogP contribution in [0.25, 0.3) is 0 Å². The molecule has 2 atom stereocenters. The average molecular weight is 1170 g/mol. The minimum atomic E-state index is -0.665. The molecule has 0 aliphatic carbocycles. The molecule has 3 N–H and O–H groups in total. The van der Waals surface area contributed by atoms with Gasteiger partial charge in [-0.15, -0.1) is 0 Å². The first-order valence-corrected chi connectivity index (χ1v) is 38.4. The fraction of sp³-hybridized carbons (Fsp3) is 0.948. The van der Waals surface area contributed by atoms with Crippen LogP contribution in [-0.4, -0.2) is 47.4 Å². The lowest BCUT2D eigenvalue weighted by atomic mass is 10.0. The predicted octanol–water partition coefficient (Wildman–Crippen LogP) is 25.1. The molecule has 0 saturated heterocycles. The minimum Gasteiger partial charge on any atom is -0.466 e. The van der Waals surface area contributed by atoms with Crippen LogP contribution in [0, 0.1) is 0 Å². The number of allylic oxidation sites excluding steroid dienone is 2. The Balaban J connectivity index is 3.36. The van der Waals surface area contributed by atoms with Crippen molar-refractivity contribution in [2.45, 2.75) is 456 Å². The molecule has 1 amide bonds. The molecule has 0 bridgehead atoms. The van der Waals surface area contributed by atoms with Crippen molar-refractivity contribution in [2.24, 2.45) is 0 Å². The smallest absolute Gasteiger partial charge is 0.305 e. The third-order valence-electron chi connectivity index (χ3n) is 18.3. The number of hydrogen-bond donors (Lipinski definition) is 3. The Hall–Kier alpha value is -1.40. The lowest BCUT2D eigenvalue weighted by Gasteiger charge is -2.22. The van der Waals surface area contributed by atoms with Crippen LogP contribution >= 0.6 is 0 Å². The topological polar surface area (TPSA) is 95.9 Å². The predicted molar refractivity (Wildman–Crippen MR) is 366 cm³/mol. The second-order valence-electron chi connectivity index (χ2n) is 26.7. The lowest BCUT2D eigenvalue weighted by molar-refractivity contribution is -0.143.